The van der Waals surface area contributed by atoms with E-state index in [4.69, 9.17) is 5.26 Å². The highest BCUT2D eigenvalue weighted by Crippen LogP contribution is 1.97. The number of hydrazine groups is 1. The molecular weight excluding hydrogens is 236 g/mol. The fourth-order valence-electron chi connectivity index (χ4n) is 1.29. The molecular formula is C11H12N4O3. The van der Waals surface area contributed by atoms with Crippen LogP contribution in [0.5, 0.6) is 0 Å². The molecule has 0 saturated carbocycles. The summed E-state index contributed by atoms with van der Waals surface area (Å²) in [6.45, 7) is 2.63. The Morgan fingerprint density at radius 1 is 1.39 bits per heavy atom. The van der Waals surface area contributed by atoms with Gasteiger partial charge in [0.25, 0.3) is 11.5 Å². The van der Waals surface area contributed by atoms with E-state index in [-0.39, 0.29) is 12.1 Å². The summed E-state index contributed by atoms with van der Waals surface area (Å²) in [5.41, 5.74) is 4.24. The molecule has 7 heteroatoms. The molecule has 1 aromatic heterocycles. The van der Waals surface area contributed by atoms with Crippen molar-refractivity contribution in [3.05, 3.63) is 33.7 Å². The number of aromatic nitrogens is 1. The van der Waals surface area contributed by atoms with Crippen LogP contribution in [0.4, 0.5) is 0 Å². The van der Waals surface area contributed by atoms with Crippen LogP contribution in [-0.4, -0.2) is 16.4 Å². The number of amides is 2. The summed E-state index contributed by atoms with van der Waals surface area (Å²) < 4.78 is 1.16. The quantitative estimate of drug-likeness (QED) is 0.668. The fourth-order valence-corrected chi connectivity index (χ4v) is 1.29. The molecule has 1 aromatic rings. The summed E-state index contributed by atoms with van der Waals surface area (Å²) in [4.78, 5) is 33.8. The summed E-state index contributed by atoms with van der Waals surface area (Å²) in [5.74, 6) is -0.969. The van der Waals surface area contributed by atoms with Gasteiger partial charge in [0.05, 0.1) is 0 Å². The van der Waals surface area contributed by atoms with Gasteiger partial charge in [0, 0.05) is 12.6 Å². The molecule has 0 radical (unpaired) electrons. The van der Waals surface area contributed by atoms with Gasteiger partial charge in [-0.3, -0.25) is 25.2 Å². The molecule has 1 rings (SSSR count). The number of nitrogens with one attached hydrogen (secondary N) is 2. The number of hydrogen-bond donors (Lipinski definition) is 2. The van der Waals surface area contributed by atoms with Gasteiger partial charge in [-0.15, -0.1) is 0 Å². The van der Waals surface area contributed by atoms with Crippen LogP contribution in [0, 0.1) is 18.3 Å². The van der Waals surface area contributed by atoms with Gasteiger partial charge in [0.15, 0.2) is 0 Å². The maximum atomic E-state index is 11.8. The molecule has 2 amide bonds. The smallest absolute Gasteiger partial charge is 0.269 e. The van der Waals surface area contributed by atoms with Gasteiger partial charge in [-0.1, -0.05) is 0 Å². The molecule has 0 aliphatic heterocycles. The van der Waals surface area contributed by atoms with E-state index in [9.17, 15) is 14.4 Å². The molecule has 0 aromatic carbocycles. The Morgan fingerprint density at radius 2 is 2.06 bits per heavy atom. The molecule has 1 heterocycles. The maximum Gasteiger partial charge on any atom is 0.269 e. The molecule has 0 saturated heterocycles. The average molecular weight is 248 g/mol. The topological polar surface area (TPSA) is 104 Å². The van der Waals surface area contributed by atoms with Crippen LogP contribution in [0.25, 0.3) is 0 Å². The van der Waals surface area contributed by atoms with Gasteiger partial charge in [0.2, 0.25) is 5.91 Å². The van der Waals surface area contributed by atoms with Gasteiger partial charge in [-0.2, -0.15) is 5.26 Å². The summed E-state index contributed by atoms with van der Waals surface area (Å²) in [6.07, 6.45) is 0. The van der Waals surface area contributed by atoms with E-state index in [1.54, 1.807) is 19.1 Å². The van der Waals surface area contributed by atoms with Crippen LogP contribution in [0.1, 0.15) is 18.2 Å². The molecule has 0 fully saturated rings. The minimum absolute atomic E-state index is 0.0343. The summed E-state index contributed by atoms with van der Waals surface area (Å²) in [6, 6.07) is 4.73. The van der Waals surface area contributed by atoms with Gasteiger partial charge >= 0.3 is 0 Å². The summed E-state index contributed by atoms with van der Waals surface area (Å²) in [7, 11) is 0. The van der Waals surface area contributed by atoms with E-state index in [1.807, 2.05) is 0 Å². The first kappa shape index (κ1) is 13.4. The third-order valence-electron chi connectivity index (χ3n) is 2.19. The van der Waals surface area contributed by atoms with Crippen LogP contribution in [0.2, 0.25) is 0 Å². The minimum atomic E-state index is -0.550. The Labute approximate surface area is 103 Å². The fraction of sp³-hybridized carbons (Fsp3) is 0.273. The Hall–Kier alpha value is -2.62. The highest BCUT2D eigenvalue weighted by molar-refractivity contribution is 5.80. The molecule has 0 bridgehead atoms. The SMILES string of the molecule is CC(=O)NNC(=O)Cn1c(C)ccc(C#N)c1=O. The molecule has 7 nitrogen and oxygen atoms in total. The Kier molecular flexibility index (Phi) is 4.21. The third kappa shape index (κ3) is 3.18. The maximum absolute atomic E-state index is 11.8. The van der Waals surface area contributed by atoms with Crippen molar-refractivity contribution in [1.29, 1.82) is 5.26 Å². The Balaban J connectivity index is 2.91. The highest BCUT2D eigenvalue weighted by Gasteiger charge is 2.09. The van der Waals surface area contributed by atoms with Crippen LogP contribution in [-0.2, 0) is 16.1 Å². The second-order valence-corrected chi connectivity index (χ2v) is 3.62. The zero-order valence-corrected chi connectivity index (χ0v) is 9.98. The normalized spacial score (nSPS) is 9.39. The lowest BCUT2D eigenvalue weighted by molar-refractivity contribution is -0.128. The van der Waals surface area contributed by atoms with E-state index in [1.165, 1.54) is 13.0 Å². The molecule has 0 atom stereocenters. The monoisotopic (exact) mass is 248 g/mol. The number of carbonyl (C=O) groups excluding carboxylic acids is 2. The van der Waals surface area contributed by atoms with Crippen molar-refractivity contribution in [3.63, 3.8) is 0 Å². The molecule has 18 heavy (non-hydrogen) atoms. The molecule has 2 N–H and O–H groups in total. The van der Waals surface area contributed by atoms with Crippen molar-refractivity contribution in [2.75, 3.05) is 0 Å². The van der Waals surface area contributed by atoms with Crippen molar-refractivity contribution >= 4 is 11.8 Å². The van der Waals surface area contributed by atoms with E-state index in [2.05, 4.69) is 10.9 Å². The predicted molar refractivity (Wildman–Crippen MR) is 62.1 cm³/mol. The van der Waals surface area contributed by atoms with Gasteiger partial charge in [-0.25, -0.2) is 0 Å². The average Bonchev–Trinajstić information content (AvgIpc) is 2.32. The second kappa shape index (κ2) is 5.63. The largest absolute Gasteiger partial charge is 0.302 e. The van der Waals surface area contributed by atoms with E-state index < -0.39 is 17.4 Å². The number of nitrogens with zero attached hydrogens (tertiary/aromatic N) is 2. The van der Waals surface area contributed by atoms with Gasteiger partial charge in [-0.05, 0) is 19.1 Å². The molecule has 0 spiro atoms. The van der Waals surface area contributed by atoms with E-state index in [0.717, 1.165) is 4.57 Å². The van der Waals surface area contributed by atoms with E-state index >= 15 is 0 Å². The van der Waals surface area contributed by atoms with Crippen LogP contribution in [0.15, 0.2) is 16.9 Å². The lowest BCUT2D eigenvalue weighted by atomic mass is 10.2. The lowest BCUT2D eigenvalue weighted by Gasteiger charge is -2.10. The van der Waals surface area contributed by atoms with Crippen molar-refractivity contribution < 1.29 is 9.59 Å². The third-order valence-corrected chi connectivity index (χ3v) is 2.19. The summed E-state index contributed by atoms with van der Waals surface area (Å²) in [5, 5.41) is 8.72. The first-order chi connectivity index (χ1) is 8.45. The number of nitriles is 1. The van der Waals surface area contributed by atoms with Crippen molar-refractivity contribution in [3.8, 4) is 6.07 Å². The van der Waals surface area contributed by atoms with Crippen LogP contribution < -0.4 is 16.4 Å². The Bertz CT molecular complexity index is 583. The standard InChI is InChI=1S/C11H12N4O3/c1-7-3-4-9(5-12)11(18)15(7)6-10(17)14-13-8(2)16/h3-4H,6H2,1-2H3,(H,13,16)(H,14,17). The molecule has 0 unspecified atom stereocenters. The van der Waals surface area contributed by atoms with Crippen LogP contribution in [0.3, 0.4) is 0 Å². The minimum Gasteiger partial charge on any atom is -0.302 e. The van der Waals surface area contributed by atoms with Crippen molar-refractivity contribution in [1.82, 2.24) is 15.4 Å². The second-order valence-electron chi connectivity index (χ2n) is 3.62. The van der Waals surface area contributed by atoms with Gasteiger partial charge < -0.3 is 4.57 Å². The molecule has 0 aliphatic rings. The summed E-state index contributed by atoms with van der Waals surface area (Å²) >= 11 is 0. The van der Waals surface area contributed by atoms with E-state index in [0.29, 0.717) is 5.69 Å². The number of aryl methyl sites for hydroxylation is 1. The first-order valence-electron chi connectivity index (χ1n) is 5.11. The zero-order valence-electron chi connectivity index (χ0n) is 9.98. The molecule has 94 valence electrons. The zero-order chi connectivity index (χ0) is 13.7. The number of rotatable bonds is 2. The molecule has 0 aliphatic carbocycles. The van der Waals surface area contributed by atoms with Crippen molar-refractivity contribution in [2.24, 2.45) is 0 Å². The Morgan fingerprint density at radius 3 is 2.61 bits per heavy atom. The van der Waals surface area contributed by atoms with Gasteiger partial charge in [0.1, 0.15) is 18.2 Å². The lowest BCUT2D eigenvalue weighted by Crippen LogP contribution is -2.43. The highest BCUT2D eigenvalue weighted by atomic mass is 16.2. The number of hydrogen-bond acceptors (Lipinski definition) is 4. The number of carbonyl (C=O) groups is 2. The predicted octanol–water partition coefficient (Wildman–Crippen LogP) is -0.804. The van der Waals surface area contributed by atoms with Crippen molar-refractivity contribution in [2.45, 2.75) is 20.4 Å². The number of pyridine rings is 1. The van der Waals surface area contributed by atoms with Crippen LogP contribution >= 0.6 is 0 Å². The first-order valence-corrected chi connectivity index (χ1v) is 5.11.